The van der Waals surface area contributed by atoms with Gasteiger partial charge in [0.15, 0.2) is 11.5 Å². The Hall–Kier alpha value is -3.12. The van der Waals surface area contributed by atoms with E-state index in [1.165, 1.54) is 6.07 Å². The molecule has 170 valence electrons. The molecule has 1 aliphatic heterocycles. The zero-order valence-corrected chi connectivity index (χ0v) is 20.2. The van der Waals surface area contributed by atoms with Crippen LogP contribution in [-0.2, 0) is 11.4 Å². The molecule has 33 heavy (non-hydrogen) atoms. The minimum atomic E-state index is -0.317. The van der Waals surface area contributed by atoms with E-state index in [2.05, 4.69) is 22.9 Å². The van der Waals surface area contributed by atoms with Crippen LogP contribution in [0.1, 0.15) is 37.0 Å². The zero-order valence-electron chi connectivity index (χ0n) is 18.6. The van der Waals surface area contributed by atoms with E-state index < -0.39 is 0 Å². The predicted molar refractivity (Wildman–Crippen MR) is 133 cm³/mol. The molecule has 0 aromatic heterocycles. The van der Waals surface area contributed by atoms with Crippen LogP contribution in [0.2, 0.25) is 0 Å². The number of benzene rings is 3. The fraction of sp³-hybridized carbons (Fsp3) is 0.222. The third-order valence-corrected chi connectivity index (χ3v) is 5.97. The highest BCUT2D eigenvalue weighted by molar-refractivity contribution is 9.10. The number of fused-ring (bicyclic) bond motifs is 1. The molecule has 6 heteroatoms. The van der Waals surface area contributed by atoms with Crippen LogP contribution in [-0.4, -0.2) is 19.1 Å². The van der Waals surface area contributed by atoms with Gasteiger partial charge < -0.3 is 14.4 Å². The molecule has 0 bridgehead atoms. The Morgan fingerprint density at radius 3 is 2.55 bits per heavy atom. The summed E-state index contributed by atoms with van der Waals surface area (Å²) >= 11 is 3.57. The number of anilines is 1. The lowest BCUT2D eigenvalue weighted by Gasteiger charge is -2.16. The van der Waals surface area contributed by atoms with Crippen LogP contribution in [0.3, 0.4) is 0 Å². The van der Waals surface area contributed by atoms with Crippen molar-refractivity contribution in [3.63, 3.8) is 0 Å². The highest BCUT2D eigenvalue weighted by Gasteiger charge is 2.31. The Kier molecular flexibility index (Phi) is 7.14. The second-order valence-electron chi connectivity index (χ2n) is 7.68. The molecule has 0 saturated heterocycles. The van der Waals surface area contributed by atoms with Gasteiger partial charge in [0, 0.05) is 23.2 Å². The number of ether oxygens (including phenoxy) is 2. The van der Waals surface area contributed by atoms with E-state index in [1.54, 1.807) is 18.2 Å². The van der Waals surface area contributed by atoms with Crippen molar-refractivity contribution < 1.29 is 18.7 Å². The van der Waals surface area contributed by atoms with Crippen LogP contribution in [0, 0.1) is 5.82 Å². The summed E-state index contributed by atoms with van der Waals surface area (Å²) in [6, 6.07) is 18.1. The van der Waals surface area contributed by atoms with Gasteiger partial charge >= 0.3 is 0 Å². The number of rotatable bonds is 8. The molecule has 4 nitrogen and oxygen atoms in total. The maximum Gasteiger partial charge on any atom is 0.258 e. The van der Waals surface area contributed by atoms with E-state index in [1.807, 2.05) is 54.3 Å². The predicted octanol–water partition coefficient (Wildman–Crippen LogP) is 6.86. The van der Waals surface area contributed by atoms with Crippen molar-refractivity contribution in [3.05, 3.63) is 87.6 Å². The average molecular weight is 510 g/mol. The molecule has 0 spiro atoms. The second kappa shape index (κ2) is 10.2. The molecule has 0 N–H and O–H groups in total. The summed E-state index contributed by atoms with van der Waals surface area (Å²) in [7, 11) is 0. The van der Waals surface area contributed by atoms with Gasteiger partial charge in [-0.2, -0.15) is 0 Å². The van der Waals surface area contributed by atoms with E-state index in [4.69, 9.17) is 9.47 Å². The number of hydrogen-bond acceptors (Lipinski definition) is 3. The topological polar surface area (TPSA) is 38.8 Å². The van der Waals surface area contributed by atoms with Crippen LogP contribution < -0.4 is 14.4 Å². The van der Waals surface area contributed by atoms with Gasteiger partial charge in [-0.3, -0.25) is 4.79 Å². The smallest absolute Gasteiger partial charge is 0.258 e. The minimum Gasteiger partial charge on any atom is -0.490 e. The standard InChI is InChI=1S/C27H25BrFNO3/c1-3-13-30-24-12-8-6-10-20(24)21(27(30)31)14-18-15-22(28)26(25(16-18)32-4-2)33-17-19-9-5-7-11-23(19)29/h5-12,14-16H,3-4,13,17H2,1-2H3/b21-14-. The van der Waals surface area contributed by atoms with Gasteiger partial charge in [0.2, 0.25) is 0 Å². The number of carbonyl (C=O) groups is 1. The minimum absolute atomic E-state index is 0.00740. The van der Waals surface area contributed by atoms with Gasteiger partial charge in [-0.25, -0.2) is 4.39 Å². The first-order valence-electron chi connectivity index (χ1n) is 11.0. The molecule has 4 rings (SSSR count). The number of hydrogen-bond donors (Lipinski definition) is 0. The van der Waals surface area contributed by atoms with Crippen LogP contribution in [0.15, 0.2) is 65.1 Å². The van der Waals surface area contributed by atoms with Crippen molar-refractivity contribution in [1.29, 1.82) is 0 Å². The van der Waals surface area contributed by atoms with E-state index in [0.717, 1.165) is 23.2 Å². The molecular formula is C27H25BrFNO3. The highest BCUT2D eigenvalue weighted by Crippen LogP contribution is 2.41. The SMILES string of the molecule is CCCN1C(=O)/C(=C\c2cc(Br)c(OCc3ccccc3F)c(OCC)c2)c2ccccc21. The van der Waals surface area contributed by atoms with Crippen molar-refractivity contribution in [2.75, 3.05) is 18.1 Å². The fourth-order valence-corrected chi connectivity index (χ4v) is 4.47. The Balaban J connectivity index is 1.69. The number of carbonyl (C=O) groups excluding carboxylic acids is 1. The summed E-state index contributed by atoms with van der Waals surface area (Å²) < 4.78 is 26.4. The lowest BCUT2D eigenvalue weighted by atomic mass is 10.0. The van der Waals surface area contributed by atoms with Crippen molar-refractivity contribution in [2.24, 2.45) is 0 Å². The molecule has 0 unspecified atom stereocenters. The normalized spacial score (nSPS) is 14.0. The Morgan fingerprint density at radius 2 is 1.79 bits per heavy atom. The van der Waals surface area contributed by atoms with Gasteiger partial charge in [0.25, 0.3) is 5.91 Å². The first-order valence-corrected chi connectivity index (χ1v) is 11.8. The van der Waals surface area contributed by atoms with E-state index in [9.17, 15) is 9.18 Å². The first kappa shape index (κ1) is 23.1. The molecule has 1 heterocycles. The lowest BCUT2D eigenvalue weighted by Crippen LogP contribution is -2.26. The first-order chi connectivity index (χ1) is 16.0. The molecule has 3 aromatic carbocycles. The number of para-hydroxylation sites is 1. The monoisotopic (exact) mass is 509 g/mol. The van der Waals surface area contributed by atoms with Gasteiger partial charge in [-0.05, 0) is 65.2 Å². The number of amides is 1. The molecule has 1 aliphatic rings. The maximum atomic E-state index is 14.0. The fourth-order valence-electron chi connectivity index (χ4n) is 3.90. The number of nitrogens with zero attached hydrogens (tertiary/aromatic N) is 1. The summed E-state index contributed by atoms with van der Waals surface area (Å²) in [5.74, 6) is 0.696. The Bertz CT molecular complexity index is 1210. The van der Waals surface area contributed by atoms with Gasteiger partial charge in [0.05, 0.1) is 16.8 Å². The molecule has 0 radical (unpaired) electrons. The summed E-state index contributed by atoms with van der Waals surface area (Å²) in [4.78, 5) is 15.0. The largest absolute Gasteiger partial charge is 0.490 e. The molecule has 1 amide bonds. The summed E-state index contributed by atoms with van der Waals surface area (Å²) in [5, 5.41) is 0. The Labute approximate surface area is 201 Å². The van der Waals surface area contributed by atoms with Gasteiger partial charge in [0.1, 0.15) is 12.4 Å². The zero-order chi connectivity index (χ0) is 23.4. The lowest BCUT2D eigenvalue weighted by molar-refractivity contribution is -0.113. The van der Waals surface area contributed by atoms with Crippen LogP contribution in [0.25, 0.3) is 11.6 Å². The molecule has 0 aliphatic carbocycles. The summed E-state index contributed by atoms with van der Waals surface area (Å²) in [6.07, 6.45) is 2.76. The quantitative estimate of drug-likeness (QED) is 0.311. The summed E-state index contributed by atoms with van der Waals surface area (Å²) in [6.45, 7) is 5.13. The average Bonchev–Trinajstić information content (AvgIpc) is 3.06. The Morgan fingerprint density at radius 1 is 1.03 bits per heavy atom. The van der Waals surface area contributed by atoms with Gasteiger partial charge in [-0.15, -0.1) is 0 Å². The molecular weight excluding hydrogens is 485 g/mol. The highest BCUT2D eigenvalue weighted by atomic mass is 79.9. The molecule has 0 fully saturated rings. The van der Waals surface area contributed by atoms with Crippen molar-refractivity contribution >= 4 is 39.2 Å². The van der Waals surface area contributed by atoms with E-state index >= 15 is 0 Å². The third kappa shape index (κ3) is 4.81. The van der Waals surface area contributed by atoms with Crippen molar-refractivity contribution in [1.82, 2.24) is 0 Å². The molecule has 3 aromatic rings. The van der Waals surface area contributed by atoms with E-state index in [0.29, 0.717) is 40.3 Å². The molecule has 0 atom stereocenters. The third-order valence-electron chi connectivity index (χ3n) is 5.38. The van der Waals surface area contributed by atoms with Crippen molar-refractivity contribution in [2.45, 2.75) is 26.9 Å². The number of halogens is 2. The van der Waals surface area contributed by atoms with Crippen LogP contribution in [0.5, 0.6) is 11.5 Å². The van der Waals surface area contributed by atoms with Gasteiger partial charge in [-0.1, -0.05) is 43.3 Å². The maximum absolute atomic E-state index is 14.0. The van der Waals surface area contributed by atoms with Crippen LogP contribution >= 0.6 is 15.9 Å². The van der Waals surface area contributed by atoms with E-state index in [-0.39, 0.29) is 18.3 Å². The van der Waals surface area contributed by atoms with Crippen molar-refractivity contribution in [3.8, 4) is 11.5 Å². The second-order valence-corrected chi connectivity index (χ2v) is 8.53. The molecule has 0 saturated carbocycles. The summed E-state index contributed by atoms with van der Waals surface area (Å²) in [5.41, 5.74) is 3.77. The van der Waals surface area contributed by atoms with Crippen LogP contribution in [0.4, 0.5) is 10.1 Å².